The molecule has 0 spiro atoms. The van der Waals surface area contributed by atoms with Gasteiger partial charge in [-0.05, 0) is 0 Å². The second-order valence-electron chi connectivity index (χ2n) is 3.44. The first kappa shape index (κ1) is 13.9. The van der Waals surface area contributed by atoms with Gasteiger partial charge in [-0.3, -0.25) is 8.61 Å². The molecular weight excluding hydrogens is 318 g/mol. The van der Waals surface area contributed by atoms with Gasteiger partial charge in [0.05, 0.1) is 0 Å². The Balaban J connectivity index is 2.31. The molecule has 0 aromatic carbocycles. The Kier molecular flexibility index (Phi) is 4.07. The van der Waals surface area contributed by atoms with E-state index in [1.54, 1.807) is 11.6 Å². The molecule has 2 rings (SSSR count). The maximum atomic E-state index is 12.1. The molecule has 6 nitrogen and oxygen atoms in total. The second kappa shape index (κ2) is 5.25. The SMILES string of the molecule is CS(=O)CCNS(=O)(=O)c1c(Cl)nc2sccn12. The molecule has 18 heavy (non-hydrogen) atoms. The number of halogens is 1. The summed E-state index contributed by atoms with van der Waals surface area (Å²) >= 11 is 7.12. The fourth-order valence-corrected chi connectivity index (χ4v) is 4.36. The van der Waals surface area contributed by atoms with E-state index in [0.717, 1.165) is 0 Å². The van der Waals surface area contributed by atoms with E-state index >= 15 is 0 Å². The van der Waals surface area contributed by atoms with Gasteiger partial charge in [-0.2, -0.15) is 0 Å². The van der Waals surface area contributed by atoms with Gasteiger partial charge in [-0.15, -0.1) is 11.3 Å². The van der Waals surface area contributed by atoms with Crippen molar-refractivity contribution in [1.29, 1.82) is 0 Å². The number of fused-ring (bicyclic) bond motifs is 1. The summed E-state index contributed by atoms with van der Waals surface area (Å²) in [6, 6.07) is 0. The Labute approximate surface area is 115 Å². The minimum Gasteiger partial charge on any atom is -0.279 e. The summed E-state index contributed by atoms with van der Waals surface area (Å²) in [7, 11) is -4.80. The van der Waals surface area contributed by atoms with Gasteiger partial charge in [0.2, 0.25) is 0 Å². The molecule has 100 valence electrons. The lowest BCUT2D eigenvalue weighted by molar-refractivity contribution is 0.579. The Hall–Kier alpha value is -0.480. The normalized spacial score (nSPS) is 14.1. The van der Waals surface area contributed by atoms with Crippen LogP contribution in [0, 0.1) is 0 Å². The van der Waals surface area contributed by atoms with Crippen molar-refractivity contribution in [2.24, 2.45) is 0 Å². The van der Waals surface area contributed by atoms with Crippen LogP contribution in [0.25, 0.3) is 4.96 Å². The van der Waals surface area contributed by atoms with Gasteiger partial charge in [-0.1, -0.05) is 11.6 Å². The highest BCUT2D eigenvalue weighted by Gasteiger charge is 2.24. The van der Waals surface area contributed by atoms with Crippen LogP contribution >= 0.6 is 22.9 Å². The van der Waals surface area contributed by atoms with Gasteiger partial charge < -0.3 is 0 Å². The number of hydrogen-bond donors (Lipinski definition) is 1. The van der Waals surface area contributed by atoms with Crippen molar-refractivity contribution in [3.63, 3.8) is 0 Å². The molecule has 2 aromatic heterocycles. The van der Waals surface area contributed by atoms with Crippen molar-refractivity contribution in [1.82, 2.24) is 14.1 Å². The monoisotopic (exact) mass is 327 g/mol. The van der Waals surface area contributed by atoms with Crippen LogP contribution in [0.3, 0.4) is 0 Å². The quantitative estimate of drug-likeness (QED) is 0.877. The van der Waals surface area contributed by atoms with Crippen LogP contribution in [-0.4, -0.2) is 40.6 Å². The molecule has 0 amide bonds. The summed E-state index contributed by atoms with van der Waals surface area (Å²) in [4.78, 5) is 4.46. The Bertz CT molecular complexity index is 691. The zero-order valence-corrected chi connectivity index (χ0v) is 12.5. The second-order valence-corrected chi connectivity index (χ2v) is 7.91. The summed E-state index contributed by atoms with van der Waals surface area (Å²) in [6.45, 7) is 0.0964. The molecular formula is C8H10ClN3O3S3. The van der Waals surface area contributed by atoms with Gasteiger partial charge >= 0.3 is 0 Å². The van der Waals surface area contributed by atoms with Gasteiger partial charge in [-0.25, -0.2) is 18.1 Å². The molecule has 0 bridgehead atoms. The third-order valence-electron chi connectivity index (χ3n) is 2.11. The molecule has 0 fully saturated rings. The number of hydrogen-bond acceptors (Lipinski definition) is 5. The molecule has 0 radical (unpaired) electrons. The van der Waals surface area contributed by atoms with Crippen LogP contribution in [-0.2, 0) is 20.8 Å². The lowest BCUT2D eigenvalue weighted by Gasteiger charge is -2.04. The lowest BCUT2D eigenvalue weighted by atomic mass is 10.8. The first-order valence-electron chi connectivity index (χ1n) is 4.82. The molecule has 1 N–H and O–H groups in total. The molecule has 0 saturated carbocycles. The summed E-state index contributed by atoms with van der Waals surface area (Å²) in [6.07, 6.45) is 3.10. The van der Waals surface area contributed by atoms with Crippen LogP contribution in [0.4, 0.5) is 0 Å². The first-order valence-corrected chi connectivity index (χ1v) is 9.29. The maximum absolute atomic E-state index is 12.1. The zero-order chi connectivity index (χ0) is 13.3. The van der Waals surface area contributed by atoms with Crippen molar-refractivity contribution in [2.45, 2.75) is 5.03 Å². The van der Waals surface area contributed by atoms with Gasteiger partial charge in [0, 0.05) is 40.9 Å². The maximum Gasteiger partial charge on any atom is 0.259 e. The summed E-state index contributed by atoms with van der Waals surface area (Å²) in [5.41, 5.74) is 0. The third-order valence-corrected chi connectivity index (χ3v) is 5.51. The molecule has 10 heteroatoms. The average Bonchev–Trinajstić information content (AvgIpc) is 2.74. The van der Waals surface area contributed by atoms with Crippen LogP contribution in [0.2, 0.25) is 5.15 Å². The van der Waals surface area contributed by atoms with E-state index in [1.165, 1.54) is 22.0 Å². The minimum absolute atomic E-state index is 0.0630. The number of imidazole rings is 1. The summed E-state index contributed by atoms with van der Waals surface area (Å²) in [5.74, 6) is 0.252. The smallest absolute Gasteiger partial charge is 0.259 e. The molecule has 0 aliphatic heterocycles. The highest BCUT2D eigenvalue weighted by molar-refractivity contribution is 7.89. The van der Waals surface area contributed by atoms with Gasteiger partial charge in [0.25, 0.3) is 10.0 Å². The van der Waals surface area contributed by atoms with E-state index < -0.39 is 20.8 Å². The van der Waals surface area contributed by atoms with Crippen molar-refractivity contribution in [3.8, 4) is 0 Å². The van der Waals surface area contributed by atoms with Crippen LogP contribution in [0.15, 0.2) is 16.6 Å². The number of nitrogens with zero attached hydrogens (tertiary/aromatic N) is 2. The number of thiazole rings is 1. The van der Waals surface area contributed by atoms with Crippen LogP contribution < -0.4 is 4.72 Å². The summed E-state index contributed by atoms with van der Waals surface area (Å²) < 4.78 is 38.8. The zero-order valence-electron chi connectivity index (χ0n) is 9.29. The average molecular weight is 328 g/mol. The highest BCUT2D eigenvalue weighted by atomic mass is 35.5. The first-order chi connectivity index (χ1) is 8.42. The number of aromatic nitrogens is 2. The van der Waals surface area contributed by atoms with E-state index in [-0.39, 0.29) is 22.5 Å². The highest BCUT2D eigenvalue weighted by Crippen LogP contribution is 2.24. The fraction of sp³-hybridized carbons (Fsp3) is 0.375. The molecule has 1 unspecified atom stereocenters. The standard InChI is InChI=1S/C8H10ClN3O3S3/c1-17(13)5-2-10-18(14,15)7-6(9)11-8-12(7)3-4-16-8/h3-4,10H,2,5H2,1H3. The lowest BCUT2D eigenvalue weighted by Crippen LogP contribution is -2.28. The number of sulfonamides is 1. The molecule has 0 saturated heterocycles. The summed E-state index contributed by atoms with van der Waals surface area (Å²) in [5, 5.41) is 1.58. The molecule has 1 atom stereocenters. The topological polar surface area (TPSA) is 80.5 Å². The van der Waals surface area contributed by atoms with E-state index in [2.05, 4.69) is 9.71 Å². The molecule has 2 heterocycles. The van der Waals surface area contributed by atoms with E-state index in [1.807, 2.05) is 0 Å². The predicted molar refractivity (Wildman–Crippen MR) is 72.2 cm³/mol. The van der Waals surface area contributed by atoms with Crippen molar-refractivity contribution in [3.05, 3.63) is 16.7 Å². The number of rotatable bonds is 5. The van der Waals surface area contributed by atoms with Crippen molar-refractivity contribution in [2.75, 3.05) is 18.6 Å². The van der Waals surface area contributed by atoms with Crippen molar-refractivity contribution < 1.29 is 12.6 Å². The van der Waals surface area contributed by atoms with Gasteiger partial charge in [0.1, 0.15) is 0 Å². The third kappa shape index (κ3) is 2.75. The largest absolute Gasteiger partial charge is 0.279 e. The Morgan fingerprint density at radius 1 is 1.61 bits per heavy atom. The van der Waals surface area contributed by atoms with Gasteiger partial charge in [0.15, 0.2) is 15.1 Å². The van der Waals surface area contributed by atoms with E-state index in [9.17, 15) is 12.6 Å². The van der Waals surface area contributed by atoms with Crippen LogP contribution in [0.5, 0.6) is 0 Å². The van der Waals surface area contributed by atoms with E-state index in [4.69, 9.17) is 11.6 Å². The fourth-order valence-electron chi connectivity index (χ4n) is 1.37. The van der Waals surface area contributed by atoms with Crippen molar-refractivity contribution >= 4 is 48.7 Å². The van der Waals surface area contributed by atoms with Crippen LogP contribution in [0.1, 0.15) is 0 Å². The molecule has 0 aliphatic rings. The van der Waals surface area contributed by atoms with E-state index in [0.29, 0.717) is 4.96 Å². The Morgan fingerprint density at radius 2 is 2.33 bits per heavy atom. The minimum atomic E-state index is -3.75. The number of nitrogens with one attached hydrogen (secondary N) is 1. The Morgan fingerprint density at radius 3 is 3.00 bits per heavy atom. The molecule has 2 aromatic rings. The predicted octanol–water partition coefficient (Wildman–Crippen LogP) is 0.706. The molecule has 0 aliphatic carbocycles.